The molecular weight excluding hydrogens is 240 g/mol. The lowest BCUT2D eigenvalue weighted by Gasteiger charge is -2.18. The molecule has 0 saturated heterocycles. The maximum absolute atomic E-state index is 9.28. The number of ether oxygens (including phenoxy) is 1. The molecule has 1 unspecified atom stereocenters. The Morgan fingerprint density at radius 3 is 2.53 bits per heavy atom. The number of nitrogens with one attached hydrogen (secondary N) is 1. The van der Waals surface area contributed by atoms with Gasteiger partial charge in [-0.3, -0.25) is 0 Å². The monoisotopic (exact) mass is 262 g/mol. The Kier molecular flexibility index (Phi) is 6.94. The molecule has 0 aliphatic heterocycles. The van der Waals surface area contributed by atoms with E-state index >= 15 is 0 Å². The number of aliphatic hydroxyl groups is 1. The predicted octanol–water partition coefficient (Wildman–Crippen LogP) is 2.09. The van der Waals surface area contributed by atoms with Crippen LogP contribution in [0.5, 0.6) is 5.75 Å². The molecule has 1 atom stereocenters. The molecule has 4 nitrogen and oxygen atoms in total. The zero-order valence-corrected chi connectivity index (χ0v) is 11.6. The van der Waals surface area contributed by atoms with E-state index in [9.17, 15) is 5.11 Å². The second kappa shape index (κ2) is 8.52. The van der Waals surface area contributed by atoms with E-state index in [1.807, 2.05) is 30.3 Å². The number of hydrogen-bond donors (Lipinski definition) is 2. The molecule has 0 saturated carbocycles. The molecule has 0 radical (unpaired) electrons. The molecule has 0 aliphatic rings. The van der Waals surface area contributed by atoms with E-state index in [1.54, 1.807) is 0 Å². The van der Waals surface area contributed by atoms with E-state index in [0.29, 0.717) is 11.7 Å². The summed E-state index contributed by atoms with van der Waals surface area (Å²) in [4.78, 5) is 0. The van der Waals surface area contributed by atoms with Crippen molar-refractivity contribution in [2.75, 3.05) is 13.2 Å². The van der Waals surface area contributed by atoms with Gasteiger partial charge in [0, 0.05) is 12.6 Å². The summed E-state index contributed by atoms with van der Waals surface area (Å²) in [5.74, 6) is 1.26. The third kappa shape index (κ3) is 6.23. The SMILES string of the molecule is CC(C)CC(CO)NCc1ccc(OCC#N)cc1. The van der Waals surface area contributed by atoms with Crippen LogP contribution in [-0.2, 0) is 6.54 Å². The summed E-state index contributed by atoms with van der Waals surface area (Å²) in [5.41, 5.74) is 1.13. The average molecular weight is 262 g/mol. The van der Waals surface area contributed by atoms with Crippen LogP contribution >= 0.6 is 0 Å². The van der Waals surface area contributed by atoms with Gasteiger partial charge in [0.1, 0.15) is 11.8 Å². The van der Waals surface area contributed by atoms with Crippen LogP contribution in [0.3, 0.4) is 0 Å². The number of hydrogen-bond acceptors (Lipinski definition) is 4. The van der Waals surface area contributed by atoms with E-state index in [4.69, 9.17) is 10.00 Å². The van der Waals surface area contributed by atoms with Crippen LogP contribution in [0.2, 0.25) is 0 Å². The molecular formula is C15H22N2O2. The molecule has 0 amide bonds. The summed E-state index contributed by atoms with van der Waals surface area (Å²) in [6, 6.07) is 9.70. The smallest absolute Gasteiger partial charge is 0.174 e. The highest BCUT2D eigenvalue weighted by molar-refractivity contribution is 5.27. The Balaban J connectivity index is 2.42. The van der Waals surface area contributed by atoms with Crippen molar-refractivity contribution in [1.82, 2.24) is 5.32 Å². The molecule has 19 heavy (non-hydrogen) atoms. The topological polar surface area (TPSA) is 65.3 Å². The van der Waals surface area contributed by atoms with Crippen LogP contribution in [-0.4, -0.2) is 24.4 Å². The zero-order valence-electron chi connectivity index (χ0n) is 11.6. The molecule has 4 heteroatoms. The molecule has 1 rings (SSSR count). The van der Waals surface area contributed by atoms with Crippen LogP contribution in [0, 0.1) is 17.2 Å². The molecule has 1 aromatic carbocycles. The van der Waals surface area contributed by atoms with E-state index in [0.717, 1.165) is 18.5 Å². The number of nitrogens with zero attached hydrogens (tertiary/aromatic N) is 1. The molecule has 0 fully saturated rings. The highest BCUT2D eigenvalue weighted by atomic mass is 16.5. The van der Waals surface area contributed by atoms with Crippen molar-refractivity contribution in [3.8, 4) is 11.8 Å². The Hall–Kier alpha value is -1.57. The maximum Gasteiger partial charge on any atom is 0.174 e. The Bertz CT molecular complexity index is 396. The van der Waals surface area contributed by atoms with Gasteiger partial charge < -0.3 is 15.2 Å². The minimum atomic E-state index is 0.0680. The lowest BCUT2D eigenvalue weighted by molar-refractivity contribution is 0.223. The van der Waals surface area contributed by atoms with Crippen molar-refractivity contribution in [2.45, 2.75) is 32.9 Å². The summed E-state index contributed by atoms with van der Waals surface area (Å²) in [7, 11) is 0. The normalized spacial score (nSPS) is 12.2. The fourth-order valence-corrected chi connectivity index (χ4v) is 1.87. The van der Waals surface area contributed by atoms with Crippen molar-refractivity contribution in [3.05, 3.63) is 29.8 Å². The van der Waals surface area contributed by atoms with E-state index in [-0.39, 0.29) is 19.3 Å². The first-order chi connectivity index (χ1) is 9.15. The Morgan fingerprint density at radius 1 is 1.32 bits per heavy atom. The van der Waals surface area contributed by atoms with Crippen molar-refractivity contribution in [1.29, 1.82) is 5.26 Å². The quantitative estimate of drug-likeness (QED) is 0.753. The van der Waals surface area contributed by atoms with Gasteiger partial charge in [-0.1, -0.05) is 26.0 Å². The largest absolute Gasteiger partial charge is 0.479 e. The third-order valence-corrected chi connectivity index (χ3v) is 2.80. The van der Waals surface area contributed by atoms with E-state index < -0.39 is 0 Å². The van der Waals surface area contributed by atoms with Gasteiger partial charge in [0.05, 0.1) is 6.61 Å². The van der Waals surface area contributed by atoms with Gasteiger partial charge in [-0.25, -0.2) is 0 Å². The first-order valence-corrected chi connectivity index (χ1v) is 6.58. The van der Waals surface area contributed by atoms with Gasteiger partial charge >= 0.3 is 0 Å². The highest BCUT2D eigenvalue weighted by Gasteiger charge is 2.08. The van der Waals surface area contributed by atoms with E-state index in [1.165, 1.54) is 0 Å². The van der Waals surface area contributed by atoms with Gasteiger partial charge in [-0.2, -0.15) is 5.26 Å². The number of benzene rings is 1. The Labute approximate surface area is 115 Å². The summed E-state index contributed by atoms with van der Waals surface area (Å²) in [6.07, 6.45) is 0.958. The molecule has 0 aliphatic carbocycles. The molecule has 0 heterocycles. The Morgan fingerprint density at radius 2 is 2.00 bits per heavy atom. The predicted molar refractivity (Wildman–Crippen MR) is 74.7 cm³/mol. The van der Waals surface area contributed by atoms with Gasteiger partial charge in [-0.15, -0.1) is 0 Å². The highest BCUT2D eigenvalue weighted by Crippen LogP contribution is 2.12. The minimum Gasteiger partial charge on any atom is -0.479 e. The molecule has 0 aromatic heterocycles. The maximum atomic E-state index is 9.28. The van der Waals surface area contributed by atoms with Crippen molar-refractivity contribution in [2.24, 2.45) is 5.92 Å². The van der Waals surface area contributed by atoms with Crippen molar-refractivity contribution in [3.63, 3.8) is 0 Å². The molecule has 2 N–H and O–H groups in total. The van der Waals surface area contributed by atoms with Crippen LogP contribution in [0.1, 0.15) is 25.8 Å². The fraction of sp³-hybridized carbons (Fsp3) is 0.533. The second-order valence-electron chi connectivity index (χ2n) is 4.98. The number of rotatable bonds is 8. The van der Waals surface area contributed by atoms with Gasteiger partial charge in [0.25, 0.3) is 0 Å². The lowest BCUT2D eigenvalue weighted by atomic mass is 10.0. The minimum absolute atomic E-state index is 0.0680. The molecule has 104 valence electrons. The van der Waals surface area contributed by atoms with Gasteiger partial charge in [0.2, 0.25) is 0 Å². The molecule has 0 spiro atoms. The van der Waals surface area contributed by atoms with Crippen LogP contribution < -0.4 is 10.1 Å². The first kappa shape index (κ1) is 15.5. The summed E-state index contributed by atoms with van der Waals surface area (Å²) in [6.45, 7) is 5.23. The molecule has 0 bridgehead atoms. The standard InChI is InChI=1S/C15H22N2O2/c1-12(2)9-14(11-18)17-10-13-3-5-15(6-4-13)19-8-7-16/h3-6,12,14,17-18H,8-11H2,1-2H3. The second-order valence-corrected chi connectivity index (χ2v) is 4.98. The zero-order chi connectivity index (χ0) is 14.1. The number of aliphatic hydroxyl groups excluding tert-OH is 1. The fourth-order valence-electron chi connectivity index (χ4n) is 1.87. The number of nitriles is 1. The van der Waals surface area contributed by atoms with E-state index in [2.05, 4.69) is 19.2 Å². The van der Waals surface area contributed by atoms with Crippen molar-refractivity contribution < 1.29 is 9.84 Å². The first-order valence-electron chi connectivity index (χ1n) is 6.58. The molecule has 1 aromatic rings. The van der Waals surface area contributed by atoms with Gasteiger partial charge in [-0.05, 0) is 30.0 Å². The van der Waals surface area contributed by atoms with Crippen LogP contribution in [0.15, 0.2) is 24.3 Å². The third-order valence-electron chi connectivity index (χ3n) is 2.80. The van der Waals surface area contributed by atoms with Gasteiger partial charge in [0.15, 0.2) is 6.61 Å². The lowest BCUT2D eigenvalue weighted by Crippen LogP contribution is -2.33. The summed E-state index contributed by atoms with van der Waals surface area (Å²) < 4.78 is 5.19. The van der Waals surface area contributed by atoms with Crippen molar-refractivity contribution >= 4 is 0 Å². The van der Waals surface area contributed by atoms with Crippen LogP contribution in [0.4, 0.5) is 0 Å². The van der Waals surface area contributed by atoms with Crippen LogP contribution in [0.25, 0.3) is 0 Å². The summed E-state index contributed by atoms with van der Waals surface area (Å²) >= 11 is 0. The average Bonchev–Trinajstić information content (AvgIpc) is 2.42. The summed E-state index contributed by atoms with van der Waals surface area (Å²) in [5, 5.41) is 21.0.